The fourth-order valence-corrected chi connectivity index (χ4v) is 4.63. The normalized spacial score (nSPS) is 20.1. The van der Waals surface area contributed by atoms with Gasteiger partial charge in [0, 0.05) is 38.1 Å². The SMILES string of the molecule is CN(Cc1ccc(C(F)(F)F)c(F)c1)[C@@H]1CN(C(C=O)NCCO)C[C@@H]1c1ccc(Cl)c(Cl)c1. The number of hydrogen-bond donors (Lipinski definition) is 2. The first-order valence-electron chi connectivity index (χ1n) is 10.6. The summed E-state index contributed by atoms with van der Waals surface area (Å²) in [6, 6.07) is 8.03. The van der Waals surface area contributed by atoms with Gasteiger partial charge in [-0.15, -0.1) is 0 Å². The topological polar surface area (TPSA) is 55.8 Å². The third-order valence-electron chi connectivity index (χ3n) is 6.01. The van der Waals surface area contributed by atoms with Crippen molar-refractivity contribution in [3.05, 3.63) is 69.0 Å². The first-order chi connectivity index (χ1) is 16.0. The molecule has 3 rings (SSSR count). The van der Waals surface area contributed by atoms with Gasteiger partial charge in [-0.2, -0.15) is 13.2 Å². The van der Waals surface area contributed by atoms with Crippen LogP contribution in [0.25, 0.3) is 0 Å². The van der Waals surface area contributed by atoms with Gasteiger partial charge >= 0.3 is 6.18 Å². The van der Waals surface area contributed by atoms with Crippen molar-refractivity contribution in [3.8, 4) is 0 Å². The second-order valence-electron chi connectivity index (χ2n) is 8.29. The highest BCUT2D eigenvalue weighted by Gasteiger charge is 2.39. The molecule has 0 amide bonds. The van der Waals surface area contributed by atoms with E-state index in [0.717, 1.165) is 24.0 Å². The number of likely N-dealkylation sites (N-methyl/N-ethyl adjacent to an activating group) is 1. The minimum atomic E-state index is -4.76. The van der Waals surface area contributed by atoms with Gasteiger partial charge in [-0.25, -0.2) is 4.39 Å². The van der Waals surface area contributed by atoms with Gasteiger partial charge in [-0.1, -0.05) is 35.3 Å². The molecule has 186 valence electrons. The molecular weight excluding hydrogens is 497 g/mol. The standard InChI is InChI=1S/C23H25Cl2F4N3O2/c1-31(10-14-2-4-17(20(26)8-14)23(27,28)29)21-12-32(22(13-34)30-6-7-33)11-16(21)15-3-5-18(24)19(25)9-15/h2-5,8-9,13,16,21-22,30,33H,6-7,10-12H2,1H3/t16-,21-,22?/m1/s1. The van der Waals surface area contributed by atoms with Crippen molar-refractivity contribution in [1.29, 1.82) is 0 Å². The number of aliphatic hydroxyl groups excluding tert-OH is 1. The smallest absolute Gasteiger partial charge is 0.395 e. The Kier molecular flexibility index (Phi) is 8.94. The summed E-state index contributed by atoms with van der Waals surface area (Å²) < 4.78 is 52.8. The largest absolute Gasteiger partial charge is 0.419 e. The van der Waals surface area contributed by atoms with E-state index in [-0.39, 0.29) is 31.7 Å². The molecule has 0 radical (unpaired) electrons. The zero-order valence-corrected chi connectivity index (χ0v) is 19.8. The van der Waals surface area contributed by atoms with E-state index < -0.39 is 23.7 Å². The minimum absolute atomic E-state index is 0.113. The summed E-state index contributed by atoms with van der Waals surface area (Å²) in [4.78, 5) is 15.5. The molecule has 1 aliphatic rings. The van der Waals surface area contributed by atoms with Crippen LogP contribution in [0.15, 0.2) is 36.4 Å². The lowest BCUT2D eigenvalue weighted by Crippen LogP contribution is -2.47. The molecule has 2 aromatic carbocycles. The number of benzene rings is 2. The van der Waals surface area contributed by atoms with Gasteiger partial charge in [0.05, 0.1) is 22.2 Å². The summed E-state index contributed by atoms with van der Waals surface area (Å²) in [5.41, 5.74) is -0.0211. The average Bonchev–Trinajstić information content (AvgIpc) is 3.21. The first kappa shape index (κ1) is 26.8. The van der Waals surface area contributed by atoms with E-state index in [0.29, 0.717) is 28.7 Å². The lowest BCUT2D eigenvalue weighted by Gasteiger charge is -2.30. The molecule has 0 aliphatic carbocycles. The van der Waals surface area contributed by atoms with Crippen LogP contribution in [0, 0.1) is 5.82 Å². The van der Waals surface area contributed by atoms with Crippen LogP contribution in [0.3, 0.4) is 0 Å². The number of alkyl halides is 3. The third-order valence-corrected chi connectivity index (χ3v) is 6.75. The average molecular weight is 522 g/mol. The first-order valence-corrected chi connectivity index (χ1v) is 11.3. The number of hydrogen-bond acceptors (Lipinski definition) is 5. The molecule has 3 atom stereocenters. The molecule has 1 heterocycles. The van der Waals surface area contributed by atoms with Crippen molar-refractivity contribution >= 4 is 29.5 Å². The summed E-state index contributed by atoms with van der Waals surface area (Å²) in [7, 11) is 1.80. The number of carbonyl (C=O) groups is 1. The highest BCUT2D eigenvalue weighted by molar-refractivity contribution is 6.42. The van der Waals surface area contributed by atoms with E-state index in [1.807, 2.05) is 15.9 Å². The number of rotatable bonds is 9. The van der Waals surface area contributed by atoms with Gasteiger partial charge < -0.3 is 9.90 Å². The predicted octanol–water partition coefficient (Wildman–Crippen LogP) is 4.16. The molecule has 1 aliphatic heterocycles. The van der Waals surface area contributed by atoms with Gasteiger partial charge in [0.1, 0.15) is 12.0 Å². The summed E-state index contributed by atoms with van der Waals surface area (Å²) in [5, 5.41) is 12.9. The van der Waals surface area contributed by atoms with Crippen LogP contribution in [0.5, 0.6) is 0 Å². The van der Waals surface area contributed by atoms with E-state index in [1.165, 1.54) is 6.07 Å². The Morgan fingerprint density at radius 1 is 1.21 bits per heavy atom. The fourth-order valence-electron chi connectivity index (χ4n) is 4.33. The molecule has 1 unspecified atom stereocenters. The summed E-state index contributed by atoms with van der Waals surface area (Å²) in [6.45, 7) is 1.24. The molecule has 1 saturated heterocycles. The van der Waals surface area contributed by atoms with Gasteiger partial charge in [0.25, 0.3) is 0 Å². The number of carbonyl (C=O) groups excluding carboxylic acids is 1. The number of aliphatic hydroxyl groups is 1. The summed E-state index contributed by atoms with van der Waals surface area (Å²) in [5.74, 6) is -1.43. The van der Waals surface area contributed by atoms with E-state index in [1.54, 1.807) is 19.2 Å². The highest BCUT2D eigenvalue weighted by Crippen LogP contribution is 2.36. The number of nitrogens with one attached hydrogen (secondary N) is 1. The van der Waals surface area contributed by atoms with Crippen molar-refractivity contribution in [3.63, 3.8) is 0 Å². The van der Waals surface area contributed by atoms with Crippen LogP contribution in [-0.4, -0.2) is 66.7 Å². The molecule has 2 N–H and O–H groups in total. The lowest BCUT2D eigenvalue weighted by atomic mass is 9.93. The van der Waals surface area contributed by atoms with Crippen LogP contribution >= 0.6 is 23.2 Å². The Hall–Kier alpha value is -1.75. The summed E-state index contributed by atoms with van der Waals surface area (Å²) >= 11 is 12.3. The Balaban J connectivity index is 1.86. The van der Waals surface area contributed by atoms with Crippen molar-refractivity contribution in [1.82, 2.24) is 15.1 Å². The molecule has 34 heavy (non-hydrogen) atoms. The maximum atomic E-state index is 14.1. The quantitative estimate of drug-likeness (QED) is 0.383. The lowest BCUT2D eigenvalue weighted by molar-refractivity contribution is -0.140. The zero-order valence-electron chi connectivity index (χ0n) is 18.3. The second-order valence-corrected chi connectivity index (χ2v) is 9.10. The Labute approximate surface area is 205 Å². The molecule has 0 spiro atoms. The number of halogens is 6. The highest BCUT2D eigenvalue weighted by atomic mass is 35.5. The fraction of sp³-hybridized carbons (Fsp3) is 0.435. The predicted molar refractivity (Wildman–Crippen MR) is 122 cm³/mol. The van der Waals surface area contributed by atoms with Gasteiger partial charge in [0.2, 0.25) is 0 Å². The van der Waals surface area contributed by atoms with Crippen LogP contribution in [0.4, 0.5) is 17.6 Å². The van der Waals surface area contributed by atoms with Gasteiger partial charge in [0.15, 0.2) is 6.29 Å². The molecule has 0 saturated carbocycles. The van der Waals surface area contributed by atoms with Crippen molar-refractivity contribution in [2.75, 3.05) is 33.3 Å². The Morgan fingerprint density at radius 2 is 1.94 bits per heavy atom. The molecule has 2 aromatic rings. The molecule has 0 bridgehead atoms. The van der Waals surface area contributed by atoms with Gasteiger partial charge in [-0.05, 0) is 42.4 Å². The number of aldehydes is 1. The van der Waals surface area contributed by atoms with Crippen molar-refractivity contribution in [2.45, 2.75) is 30.8 Å². The molecule has 11 heteroatoms. The molecule has 0 aromatic heterocycles. The maximum absolute atomic E-state index is 14.1. The third kappa shape index (κ3) is 6.27. The Bertz CT molecular complexity index is 1010. The minimum Gasteiger partial charge on any atom is -0.395 e. The molecule has 5 nitrogen and oxygen atoms in total. The van der Waals surface area contributed by atoms with E-state index in [9.17, 15) is 22.4 Å². The monoisotopic (exact) mass is 521 g/mol. The van der Waals surface area contributed by atoms with Crippen LogP contribution in [0.2, 0.25) is 10.0 Å². The molecule has 1 fully saturated rings. The number of likely N-dealkylation sites (tertiary alicyclic amines) is 1. The maximum Gasteiger partial charge on any atom is 0.419 e. The van der Waals surface area contributed by atoms with Crippen LogP contribution in [-0.2, 0) is 17.5 Å². The Morgan fingerprint density at radius 3 is 2.53 bits per heavy atom. The van der Waals surface area contributed by atoms with Crippen molar-refractivity contribution in [2.24, 2.45) is 0 Å². The summed E-state index contributed by atoms with van der Waals surface area (Å²) in [6.07, 6.45) is -4.63. The second kappa shape index (κ2) is 11.3. The van der Waals surface area contributed by atoms with Crippen molar-refractivity contribution < 1.29 is 27.5 Å². The number of nitrogens with zero attached hydrogens (tertiary/aromatic N) is 2. The van der Waals surface area contributed by atoms with E-state index in [2.05, 4.69) is 5.32 Å². The van der Waals surface area contributed by atoms with E-state index >= 15 is 0 Å². The van der Waals surface area contributed by atoms with Gasteiger partial charge in [-0.3, -0.25) is 15.1 Å². The molecular formula is C23H25Cl2F4N3O2. The van der Waals surface area contributed by atoms with E-state index in [4.69, 9.17) is 28.3 Å². The van der Waals surface area contributed by atoms with Crippen LogP contribution in [0.1, 0.15) is 22.6 Å². The van der Waals surface area contributed by atoms with Crippen LogP contribution < -0.4 is 5.32 Å². The zero-order chi connectivity index (χ0) is 25.0.